The molecule has 0 spiro atoms. The topological polar surface area (TPSA) is 99.0 Å². The van der Waals surface area contributed by atoms with Gasteiger partial charge in [-0.15, -0.1) is 0 Å². The van der Waals surface area contributed by atoms with Crippen molar-refractivity contribution in [1.82, 2.24) is 9.78 Å². The van der Waals surface area contributed by atoms with Crippen molar-refractivity contribution in [1.29, 1.82) is 0 Å². The Morgan fingerprint density at radius 3 is 2.62 bits per heavy atom. The van der Waals surface area contributed by atoms with E-state index in [4.69, 9.17) is 5.73 Å². The molecule has 0 radical (unpaired) electrons. The van der Waals surface area contributed by atoms with Crippen LogP contribution in [0, 0.1) is 10.1 Å². The van der Waals surface area contributed by atoms with Gasteiger partial charge in [0.15, 0.2) is 0 Å². The molecule has 0 bridgehead atoms. The highest BCUT2D eigenvalue weighted by molar-refractivity contribution is 5.60. The fourth-order valence-corrected chi connectivity index (χ4v) is 2.18. The normalized spacial score (nSPS) is 10.6. The van der Waals surface area contributed by atoms with Crippen LogP contribution < -0.4 is 11.1 Å². The summed E-state index contributed by atoms with van der Waals surface area (Å²) in [5.41, 5.74) is 7.90. The van der Waals surface area contributed by atoms with Crippen LogP contribution in [-0.4, -0.2) is 14.7 Å². The highest BCUT2D eigenvalue weighted by Gasteiger charge is 2.25. The molecular formula is C14H19N5O2. The zero-order valence-electron chi connectivity index (χ0n) is 12.2. The first-order valence-corrected chi connectivity index (χ1v) is 6.81. The molecule has 0 saturated heterocycles. The number of hydrogen-bond donors (Lipinski definition) is 2. The zero-order chi connectivity index (χ0) is 15.4. The molecule has 0 aliphatic rings. The molecular weight excluding hydrogens is 270 g/mol. The number of aryl methyl sites for hydroxylation is 2. The van der Waals surface area contributed by atoms with Gasteiger partial charge in [-0.05, 0) is 24.1 Å². The van der Waals surface area contributed by atoms with Crippen LogP contribution in [0.1, 0.15) is 24.6 Å². The Labute approximate surface area is 122 Å². The second-order valence-electron chi connectivity index (χ2n) is 4.87. The van der Waals surface area contributed by atoms with E-state index < -0.39 is 0 Å². The van der Waals surface area contributed by atoms with Gasteiger partial charge in [-0.25, -0.2) is 4.68 Å². The number of rotatable bonds is 6. The lowest BCUT2D eigenvalue weighted by Crippen LogP contribution is -2.06. The van der Waals surface area contributed by atoms with E-state index >= 15 is 0 Å². The van der Waals surface area contributed by atoms with Crippen LogP contribution in [-0.2, 0) is 20.0 Å². The van der Waals surface area contributed by atoms with Gasteiger partial charge in [0.1, 0.15) is 5.69 Å². The standard InChI is InChI=1S/C14H19N5O2/c1-3-4-12-13(19(20)21)14(18(2)17-12)16-9-10-5-7-11(15)8-6-10/h5-8,16H,3-4,9,15H2,1-2H3. The number of benzene rings is 1. The molecule has 112 valence electrons. The van der Waals surface area contributed by atoms with Crippen molar-refractivity contribution in [2.45, 2.75) is 26.3 Å². The summed E-state index contributed by atoms with van der Waals surface area (Å²) in [4.78, 5) is 10.9. The van der Waals surface area contributed by atoms with Crippen LogP contribution in [0.5, 0.6) is 0 Å². The molecule has 0 unspecified atom stereocenters. The molecule has 1 aromatic heterocycles. The fraction of sp³-hybridized carbons (Fsp3) is 0.357. The van der Waals surface area contributed by atoms with Gasteiger partial charge >= 0.3 is 5.69 Å². The van der Waals surface area contributed by atoms with Crippen molar-refractivity contribution < 1.29 is 4.92 Å². The molecule has 0 aliphatic heterocycles. The average molecular weight is 289 g/mol. The predicted molar refractivity (Wildman–Crippen MR) is 82.0 cm³/mol. The molecule has 2 aromatic rings. The predicted octanol–water partition coefficient (Wildman–Crippen LogP) is 2.48. The smallest absolute Gasteiger partial charge is 0.334 e. The van der Waals surface area contributed by atoms with E-state index in [0.29, 0.717) is 30.2 Å². The first-order valence-electron chi connectivity index (χ1n) is 6.81. The number of nitrogen functional groups attached to an aromatic ring is 1. The first kappa shape index (κ1) is 14.8. The van der Waals surface area contributed by atoms with Gasteiger partial charge in [-0.1, -0.05) is 25.5 Å². The van der Waals surface area contributed by atoms with Crippen molar-refractivity contribution in [2.24, 2.45) is 7.05 Å². The van der Waals surface area contributed by atoms with Gasteiger partial charge in [-0.2, -0.15) is 5.10 Å². The van der Waals surface area contributed by atoms with Gasteiger partial charge in [0.25, 0.3) is 0 Å². The Kier molecular flexibility index (Phi) is 4.42. The number of hydrogen-bond acceptors (Lipinski definition) is 5. The molecule has 0 amide bonds. The Bertz CT molecular complexity index is 634. The van der Waals surface area contributed by atoms with E-state index in [9.17, 15) is 10.1 Å². The fourth-order valence-electron chi connectivity index (χ4n) is 2.18. The first-order chi connectivity index (χ1) is 10.0. The van der Waals surface area contributed by atoms with Crippen molar-refractivity contribution in [3.63, 3.8) is 0 Å². The van der Waals surface area contributed by atoms with Crippen LogP contribution in [0.3, 0.4) is 0 Å². The molecule has 0 atom stereocenters. The van der Waals surface area contributed by atoms with Crippen LogP contribution in [0.25, 0.3) is 0 Å². The van der Waals surface area contributed by atoms with Gasteiger partial charge < -0.3 is 11.1 Å². The second-order valence-corrected chi connectivity index (χ2v) is 4.87. The summed E-state index contributed by atoms with van der Waals surface area (Å²) in [6, 6.07) is 7.38. The zero-order valence-corrected chi connectivity index (χ0v) is 12.2. The minimum Gasteiger partial charge on any atom is -0.399 e. The Hall–Kier alpha value is -2.57. The molecule has 0 aliphatic carbocycles. The van der Waals surface area contributed by atoms with Crippen molar-refractivity contribution >= 4 is 17.2 Å². The molecule has 1 heterocycles. The molecule has 7 nitrogen and oxygen atoms in total. The van der Waals surface area contributed by atoms with E-state index in [1.54, 1.807) is 19.2 Å². The highest BCUT2D eigenvalue weighted by Crippen LogP contribution is 2.29. The molecule has 7 heteroatoms. The Morgan fingerprint density at radius 2 is 2.05 bits per heavy atom. The van der Waals surface area contributed by atoms with E-state index in [1.165, 1.54) is 4.68 Å². The summed E-state index contributed by atoms with van der Waals surface area (Å²) in [6.07, 6.45) is 1.41. The van der Waals surface area contributed by atoms with E-state index in [-0.39, 0.29) is 10.6 Å². The van der Waals surface area contributed by atoms with Gasteiger partial charge in [0.05, 0.1) is 4.92 Å². The third-order valence-corrected chi connectivity index (χ3v) is 3.20. The molecule has 3 N–H and O–H groups in total. The molecule has 0 fully saturated rings. The molecule has 2 rings (SSSR count). The number of anilines is 2. The lowest BCUT2D eigenvalue weighted by atomic mass is 10.2. The van der Waals surface area contributed by atoms with Gasteiger partial charge in [0.2, 0.25) is 5.82 Å². The number of nitro groups is 1. The van der Waals surface area contributed by atoms with Crippen LogP contribution >= 0.6 is 0 Å². The average Bonchev–Trinajstić information content (AvgIpc) is 2.75. The number of nitrogens with one attached hydrogen (secondary N) is 1. The number of aromatic nitrogens is 2. The second kappa shape index (κ2) is 6.25. The summed E-state index contributed by atoms with van der Waals surface area (Å²) in [6.45, 7) is 2.45. The molecule has 0 saturated carbocycles. The van der Waals surface area contributed by atoms with Gasteiger partial charge in [-0.3, -0.25) is 10.1 Å². The third-order valence-electron chi connectivity index (χ3n) is 3.20. The summed E-state index contributed by atoms with van der Waals surface area (Å²) in [7, 11) is 1.71. The summed E-state index contributed by atoms with van der Waals surface area (Å²) >= 11 is 0. The molecule has 21 heavy (non-hydrogen) atoms. The number of nitrogens with zero attached hydrogens (tertiary/aromatic N) is 3. The maximum absolute atomic E-state index is 11.3. The van der Waals surface area contributed by atoms with Crippen molar-refractivity contribution in [2.75, 3.05) is 11.1 Å². The number of nitrogens with two attached hydrogens (primary N) is 1. The van der Waals surface area contributed by atoms with Crippen molar-refractivity contribution in [3.05, 3.63) is 45.6 Å². The summed E-state index contributed by atoms with van der Waals surface area (Å²) in [5, 5.41) is 18.6. The third kappa shape index (κ3) is 3.31. The van der Waals surface area contributed by atoms with Crippen LogP contribution in [0.15, 0.2) is 24.3 Å². The minimum atomic E-state index is -0.372. The van der Waals surface area contributed by atoms with E-state index in [1.807, 2.05) is 19.1 Å². The lowest BCUT2D eigenvalue weighted by Gasteiger charge is -2.06. The lowest BCUT2D eigenvalue weighted by molar-refractivity contribution is -0.384. The monoisotopic (exact) mass is 289 g/mol. The van der Waals surface area contributed by atoms with Crippen LogP contribution in [0.2, 0.25) is 0 Å². The Morgan fingerprint density at radius 1 is 1.38 bits per heavy atom. The minimum absolute atomic E-state index is 0.0646. The van der Waals surface area contributed by atoms with Gasteiger partial charge in [0, 0.05) is 19.3 Å². The van der Waals surface area contributed by atoms with Crippen LogP contribution in [0.4, 0.5) is 17.2 Å². The maximum atomic E-state index is 11.3. The maximum Gasteiger partial charge on any atom is 0.334 e. The molecule has 1 aromatic carbocycles. The SMILES string of the molecule is CCCc1nn(C)c(NCc2ccc(N)cc2)c1[N+](=O)[O-]. The summed E-state index contributed by atoms with van der Waals surface area (Å²) < 4.78 is 1.53. The highest BCUT2D eigenvalue weighted by atomic mass is 16.6. The summed E-state index contributed by atoms with van der Waals surface area (Å²) in [5.74, 6) is 0.431. The van der Waals surface area contributed by atoms with Crippen molar-refractivity contribution in [3.8, 4) is 0 Å². The quantitative estimate of drug-likeness (QED) is 0.483. The van der Waals surface area contributed by atoms with E-state index in [2.05, 4.69) is 10.4 Å². The largest absolute Gasteiger partial charge is 0.399 e. The Balaban J connectivity index is 2.22. The van der Waals surface area contributed by atoms with E-state index in [0.717, 1.165) is 12.0 Å².